The first-order chi connectivity index (χ1) is 6.84. The highest BCUT2D eigenvalue weighted by Gasteiger charge is 2.27. The standard InChI is InChI=1S/C11H10N2O/c14-11-12-9-4-2-1-3-8(9)10(13-11)7-5-6-7/h1-4,7H,5-6H2,(H,12,13,14). The molecule has 1 aromatic heterocycles. The number of aromatic amines is 1. The van der Waals surface area contributed by atoms with E-state index >= 15 is 0 Å². The highest BCUT2D eigenvalue weighted by atomic mass is 16.1. The Balaban J connectivity index is 2.40. The van der Waals surface area contributed by atoms with E-state index in [1.807, 2.05) is 24.3 Å². The van der Waals surface area contributed by atoms with Gasteiger partial charge in [0.1, 0.15) is 0 Å². The van der Waals surface area contributed by atoms with Crippen molar-refractivity contribution in [3.63, 3.8) is 0 Å². The van der Waals surface area contributed by atoms with Gasteiger partial charge >= 0.3 is 5.69 Å². The Hall–Kier alpha value is -1.64. The van der Waals surface area contributed by atoms with Gasteiger partial charge in [-0.2, -0.15) is 4.98 Å². The molecule has 3 heteroatoms. The monoisotopic (exact) mass is 186 g/mol. The predicted molar refractivity (Wildman–Crippen MR) is 54.3 cm³/mol. The summed E-state index contributed by atoms with van der Waals surface area (Å²) in [4.78, 5) is 18.1. The molecule has 0 aliphatic heterocycles. The maximum Gasteiger partial charge on any atom is 0.345 e. The van der Waals surface area contributed by atoms with Crippen LogP contribution in [0.3, 0.4) is 0 Å². The molecule has 0 atom stereocenters. The van der Waals surface area contributed by atoms with Gasteiger partial charge in [0.15, 0.2) is 0 Å². The van der Waals surface area contributed by atoms with Gasteiger partial charge in [-0.15, -0.1) is 0 Å². The molecule has 1 N–H and O–H groups in total. The molecule has 2 aromatic rings. The van der Waals surface area contributed by atoms with Crippen molar-refractivity contribution in [3.8, 4) is 0 Å². The number of H-pyrrole nitrogens is 1. The second kappa shape index (κ2) is 2.67. The second-order valence-corrected chi connectivity index (χ2v) is 3.75. The summed E-state index contributed by atoms with van der Waals surface area (Å²) in [6, 6.07) is 7.85. The molecular formula is C11H10N2O. The molecule has 14 heavy (non-hydrogen) atoms. The van der Waals surface area contributed by atoms with Gasteiger partial charge in [-0.25, -0.2) is 4.79 Å². The van der Waals surface area contributed by atoms with Crippen LogP contribution in [0, 0.1) is 0 Å². The maximum absolute atomic E-state index is 11.3. The fourth-order valence-corrected chi connectivity index (χ4v) is 1.80. The summed E-state index contributed by atoms with van der Waals surface area (Å²) in [6.45, 7) is 0. The lowest BCUT2D eigenvalue weighted by atomic mass is 10.1. The topological polar surface area (TPSA) is 45.8 Å². The third-order valence-corrected chi connectivity index (χ3v) is 2.63. The fourth-order valence-electron chi connectivity index (χ4n) is 1.80. The van der Waals surface area contributed by atoms with E-state index in [0.717, 1.165) is 16.6 Å². The number of nitrogens with one attached hydrogen (secondary N) is 1. The number of hydrogen-bond donors (Lipinski definition) is 1. The Labute approximate surface area is 80.8 Å². The zero-order valence-electron chi connectivity index (χ0n) is 7.66. The van der Waals surface area contributed by atoms with Crippen LogP contribution in [-0.2, 0) is 0 Å². The van der Waals surface area contributed by atoms with Gasteiger partial charge in [0.25, 0.3) is 0 Å². The van der Waals surface area contributed by atoms with Crippen LogP contribution in [-0.4, -0.2) is 9.97 Å². The Morgan fingerprint density at radius 3 is 2.86 bits per heavy atom. The van der Waals surface area contributed by atoms with Gasteiger partial charge in [-0.1, -0.05) is 18.2 Å². The maximum atomic E-state index is 11.3. The zero-order valence-corrected chi connectivity index (χ0v) is 7.66. The first-order valence-corrected chi connectivity index (χ1v) is 4.83. The molecule has 1 heterocycles. The van der Waals surface area contributed by atoms with E-state index < -0.39 is 0 Å². The third-order valence-electron chi connectivity index (χ3n) is 2.63. The van der Waals surface area contributed by atoms with Gasteiger partial charge < -0.3 is 4.98 Å². The predicted octanol–water partition coefficient (Wildman–Crippen LogP) is 1.80. The number of aromatic nitrogens is 2. The molecular weight excluding hydrogens is 176 g/mol. The van der Waals surface area contributed by atoms with Gasteiger partial charge in [-0.3, -0.25) is 0 Å². The lowest BCUT2D eigenvalue weighted by Crippen LogP contribution is -2.12. The Bertz CT molecular complexity index is 540. The highest BCUT2D eigenvalue weighted by molar-refractivity contribution is 5.81. The molecule has 1 saturated carbocycles. The van der Waals surface area contributed by atoms with Crippen molar-refractivity contribution in [3.05, 3.63) is 40.4 Å². The van der Waals surface area contributed by atoms with Crippen molar-refractivity contribution >= 4 is 10.9 Å². The molecule has 3 rings (SSSR count). The molecule has 0 unspecified atom stereocenters. The van der Waals surface area contributed by atoms with E-state index in [1.54, 1.807) is 0 Å². The molecule has 0 radical (unpaired) electrons. The zero-order chi connectivity index (χ0) is 9.54. The van der Waals surface area contributed by atoms with Gasteiger partial charge in [0, 0.05) is 11.3 Å². The van der Waals surface area contributed by atoms with Crippen LogP contribution in [0.2, 0.25) is 0 Å². The minimum absolute atomic E-state index is 0.231. The van der Waals surface area contributed by atoms with E-state index in [0.29, 0.717) is 5.92 Å². The normalized spacial score (nSPS) is 16.0. The van der Waals surface area contributed by atoms with Crippen LogP contribution in [0.5, 0.6) is 0 Å². The van der Waals surface area contributed by atoms with E-state index in [-0.39, 0.29) is 5.69 Å². The summed E-state index contributed by atoms with van der Waals surface area (Å²) in [7, 11) is 0. The lowest BCUT2D eigenvalue weighted by Gasteiger charge is -2.02. The van der Waals surface area contributed by atoms with Crippen molar-refractivity contribution in [2.75, 3.05) is 0 Å². The van der Waals surface area contributed by atoms with Gasteiger partial charge in [0.05, 0.1) is 11.2 Å². The largest absolute Gasteiger partial charge is 0.345 e. The fraction of sp³-hybridized carbons (Fsp3) is 0.273. The molecule has 1 fully saturated rings. The molecule has 0 bridgehead atoms. The molecule has 0 spiro atoms. The summed E-state index contributed by atoms with van der Waals surface area (Å²) in [5.74, 6) is 0.516. The summed E-state index contributed by atoms with van der Waals surface area (Å²) in [5, 5.41) is 1.09. The van der Waals surface area contributed by atoms with Crippen LogP contribution < -0.4 is 5.69 Å². The van der Waals surface area contributed by atoms with Gasteiger partial charge in [-0.05, 0) is 18.9 Å². The van der Waals surface area contributed by atoms with Crippen molar-refractivity contribution in [2.24, 2.45) is 0 Å². The average molecular weight is 186 g/mol. The van der Waals surface area contributed by atoms with E-state index in [4.69, 9.17) is 0 Å². The summed E-state index contributed by atoms with van der Waals surface area (Å²) in [5.41, 5.74) is 1.64. The molecule has 3 nitrogen and oxygen atoms in total. The third kappa shape index (κ3) is 1.13. The van der Waals surface area contributed by atoms with Crippen LogP contribution in [0.15, 0.2) is 29.1 Å². The molecule has 1 aromatic carbocycles. The minimum atomic E-state index is -0.231. The van der Waals surface area contributed by atoms with Crippen molar-refractivity contribution in [1.29, 1.82) is 0 Å². The number of nitrogens with zero attached hydrogens (tertiary/aromatic N) is 1. The van der Waals surface area contributed by atoms with Gasteiger partial charge in [0.2, 0.25) is 0 Å². The first kappa shape index (κ1) is 7.74. The van der Waals surface area contributed by atoms with Crippen LogP contribution >= 0.6 is 0 Å². The van der Waals surface area contributed by atoms with Crippen molar-refractivity contribution in [2.45, 2.75) is 18.8 Å². The SMILES string of the molecule is O=c1nc(C2CC2)c2ccccc2[nH]1. The first-order valence-electron chi connectivity index (χ1n) is 4.83. The quantitative estimate of drug-likeness (QED) is 0.738. The summed E-state index contributed by atoms with van der Waals surface area (Å²) < 4.78 is 0. The Kier molecular flexibility index (Phi) is 1.48. The summed E-state index contributed by atoms with van der Waals surface area (Å²) in [6.07, 6.45) is 2.33. The highest BCUT2D eigenvalue weighted by Crippen LogP contribution is 2.40. The van der Waals surface area contributed by atoms with E-state index in [1.165, 1.54) is 12.8 Å². The molecule has 0 amide bonds. The molecule has 1 aliphatic rings. The van der Waals surface area contributed by atoms with Crippen LogP contribution in [0.4, 0.5) is 0 Å². The Morgan fingerprint density at radius 1 is 1.29 bits per heavy atom. The van der Waals surface area contributed by atoms with Crippen LogP contribution in [0.1, 0.15) is 24.5 Å². The number of rotatable bonds is 1. The lowest BCUT2D eigenvalue weighted by molar-refractivity contribution is 0.980. The van der Waals surface area contributed by atoms with E-state index in [2.05, 4.69) is 9.97 Å². The van der Waals surface area contributed by atoms with Crippen molar-refractivity contribution < 1.29 is 0 Å². The number of hydrogen-bond acceptors (Lipinski definition) is 2. The van der Waals surface area contributed by atoms with Crippen LogP contribution in [0.25, 0.3) is 10.9 Å². The minimum Gasteiger partial charge on any atom is -0.305 e. The molecule has 0 saturated heterocycles. The molecule has 70 valence electrons. The number of benzene rings is 1. The number of para-hydroxylation sites is 1. The van der Waals surface area contributed by atoms with Crippen molar-refractivity contribution in [1.82, 2.24) is 9.97 Å². The average Bonchev–Trinajstić information content (AvgIpc) is 2.99. The summed E-state index contributed by atoms with van der Waals surface area (Å²) >= 11 is 0. The number of fused-ring (bicyclic) bond motifs is 1. The van der Waals surface area contributed by atoms with E-state index in [9.17, 15) is 4.79 Å². The smallest absolute Gasteiger partial charge is 0.305 e. The Morgan fingerprint density at radius 2 is 2.07 bits per heavy atom. The second-order valence-electron chi connectivity index (χ2n) is 3.75. The molecule has 1 aliphatic carbocycles.